The monoisotopic (exact) mass is 482 g/mol. The van der Waals surface area contributed by atoms with E-state index in [1.54, 1.807) is 0 Å². The number of hydrogen-bond acceptors (Lipinski definition) is 7. The summed E-state index contributed by atoms with van der Waals surface area (Å²) < 4.78 is 32.9. The van der Waals surface area contributed by atoms with E-state index in [0.717, 1.165) is 19.3 Å². The minimum absolute atomic E-state index is 0.00473. The molecule has 9 nitrogen and oxygen atoms in total. The highest BCUT2D eigenvalue weighted by molar-refractivity contribution is 7.89. The molecule has 0 aliphatic carbocycles. The normalized spacial score (nSPS) is 15.2. The van der Waals surface area contributed by atoms with Gasteiger partial charge in [0.25, 0.3) is 11.6 Å². The van der Waals surface area contributed by atoms with E-state index in [9.17, 15) is 18.5 Å². The van der Waals surface area contributed by atoms with Crippen LogP contribution in [-0.2, 0) is 10.0 Å². The average Bonchev–Trinajstić information content (AvgIpc) is 3.24. The molecule has 0 N–H and O–H groups in total. The number of rotatable bonds is 5. The summed E-state index contributed by atoms with van der Waals surface area (Å²) in [6.07, 6.45) is 2.57. The molecular formula is C19H16Cl2N4O5S. The summed E-state index contributed by atoms with van der Waals surface area (Å²) in [6.45, 7) is 0.864. The van der Waals surface area contributed by atoms with Gasteiger partial charge < -0.3 is 4.52 Å². The molecule has 12 heteroatoms. The first-order chi connectivity index (χ1) is 14.8. The number of aromatic nitrogens is 2. The maximum absolute atomic E-state index is 13.1. The molecule has 1 aliphatic rings. The Morgan fingerprint density at radius 1 is 1.03 bits per heavy atom. The lowest BCUT2D eigenvalue weighted by Crippen LogP contribution is -2.35. The van der Waals surface area contributed by atoms with Gasteiger partial charge in [-0.3, -0.25) is 10.1 Å². The van der Waals surface area contributed by atoms with Crippen molar-refractivity contribution in [3.63, 3.8) is 0 Å². The summed E-state index contributed by atoms with van der Waals surface area (Å²) in [5.74, 6) is 0.182. The molecule has 0 amide bonds. The van der Waals surface area contributed by atoms with Crippen LogP contribution in [0.5, 0.6) is 0 Å². The number of sulfonamides is 1. The van der Waals surface area contributed by atoms with Gasteiger partial charge in [0.1, 0.15) is 4.90 Å². The van der Waals surface area contributed by atoms with E-state index < -0.39 is 14.9 Å². The van der Waals surface area contributed by atoms with Gasteiger partial charge in [-0.15, -0.1) is 0 Å². The number of halogens is 2. The van der Waals surface area contributed by atoms with E-state index in [-0.39, 0.29) is 37.9 Å². The third kappa shape index (κ3) is 4.29. The van der Waals surface area contributed by atoms with Crippen LogP contribution in [0.3, 0.4) is 0 Å². The number of nitro groups is 1. The summed E-state index contributed by atoms with van der Waals surface area (Å²) in [7, 11) is -3.81. The lowest BCUT2D eigenvalue weighted by Gasteiger charge is -2.26. The molecule has 1 aromatic heterocycles. The van der Waals surface area contributed by atoms with Crippen molar-refractivity contribution < 1.29 is 17.9 Å². The van der Waals surface area contributed by atoms with E-state index in [2.05, 4.69) is 10.1 Å². The van der Waals surface area contributed by atoms with Crippen molar-refractivity contribution in [1.82, 2.24) is 14.4 Å². The number of benzene rings is 2. The zero-order valence-electron chi connectivity index (χ0n) is 16.0. The van der Waals surface area contributed by atoms with Crippen LogP contribution in [0.15, 0.2) is 45.8 Å². The minimum atomic E-state index is -3.81. The summed E-state index contributed by atoms with van der Waals surface area (Å²) in [5.41, 5.74) is 0.648. The van der Waals surface area contributed by atoms with E-state index in [1.165, 1.54) is 40.7 Å². The van der Waals surface area contributed by atoms with Crippen molar-refractivity contribution in [2.24, 2.45) is 0 Å². The van der Waals surface area contributed by atoms with Gasteiger partial charge in [-0.1, -0.05) is 34.8 Å². The molecule has 3 aromatic rings. The molecule has 2 aromatic carbocycles. The van der Waals surface area contributed by atoms with Crippen LogP contribution in [0.25, 0.3) is 22.8 Å². The third-order valence-corrected chi connectivity index (χ3v) is 7.62. The van der Waals surface area contributed by atoms with Crippen LogP contribution in [0.2, 0.25) is 10.0 Å². The number of piperidine rings is 1. The van der Waals surface area contributed by atoms with E-state index in [4.69, 9.17) is 27.7 Å². The highest BCUT2D eigenvalue weighted by atomic mass is 35.5. The molecule has 0 atom stereocenters. The van der Waals surface area contributed by atoms with Gasteiger partial charge in [-0.05, 0) is 37.1 Å². The zero-order chi connectivity index (χ0) is 22.2. The molecule has 162 valence electrons. The molecular weight excluding hydrogens is 467 g/mol. The molecule has 1 aliphatic heterocycles. The van der Waals surface area contributed by atoms with Crippen molar-refractivity contribution in [2.45, 2.75) is 24.2 Å². The maximum atomic E-state index is 13.1. The van der Waals surface area contributed by atoms with Crippen LogP contribution in [0.4, 0.5) is 5.69 Å². The Kier molecular flexibility index (Phi) is 5.98. The van der Waals surface area contributed by atoms with Crippen LogP contribution in [-0.4, -0.2) is 40.9 Å². The predicted molar refractivity (Wildman–Crippen MR) is 114 cm³/mol. The summed E-state index contributed by atoms with van der Waals surface area (Å²) >= 11 is 12.5. The van der Waals surface area contributed by atoms with Gasteiger partial charge in [-0.25, -0.2) is 8.42 Å². The smallest absolute Gasteiger partial charge is 0.269 e. The number of non-ortho nitro benzene ring substituents is 1. The largest absolute Gasteiger partial charge is 0.334 e. The first-order valence-electron chi connectivity index (χ1n) is 9.35. The molecule has 0 bridgehead atoms. The number of nitro benzene ring substituents is 1. The molecule has 2 heterocycles. The second-order valence-corrected chi connectivity index (χ2v) is 9.68. The molecule has 31 heavy (non-hydrogen) atoms. The van der Waals surface area contributed by atoms with Crippen molar-refractivity contribution in [3.8, 4) is 22.8 Å². The van der Waals surface area contributed by atoms with Gasteiger partial charge in [-0.2, -0.15) is 9.29 Å². The van der Waals surface area contributed by atoms with E-state index in [0.29, 0.717) is 18.7 Å². The molecule has 0 unspecified atom stereocenters. The second-order valence-electron chi connectivity index (χ2n) is 6.95. The highest BCUT2D eigenvalue weighted by Crippen LogP contribution is 2.36. The fraction of sp³-hybridized carbons (Fsp3) is 0.263. The Balaban J connectivity index is 1.70. The standard InChI is InChI=1S/C19H16Cl2N4O5S/c20-15-11-16(21)17(31(28,29)24-8-2-1-3-9-24)10-14(15)19-22-18(23-30-19)12-4-6-13(7-5-12)25(26)27/h4-7,10-11H,1-3,8-9H2. The van der Waals surface area contributed by atoms with Crippen LogP contribution in [0, 0.1) is 10.1 Å². The van der Waals surface area contributed by atoms with E-state index >= 15 is 0 Å². The SMILES string of the molecule is O=[N+]([O-])c1ccc(-c2noc(-c3cc(S(=O)(=O)N4CCCCC4)c(Cl)cc3Cl)n2)cc1. The zero-order valence-corrected chi connectivity index (χ0v) is 18.3. The van der Waals surface area contributed by atoms with Crippen molar-refractivity contribution in [3.05, 3.63) is 56.6 Å². The van der Waals surface area contributed by atoms with E-state index in [1.807, 2.05) is 0 Å². The second kappa shape index (κ2) is 8.54. The molecule has 1 saturated heterocycles. The quantitative estimate of drug-likeness (QED) is 0.378. The van der Waals surface area contributed by atoms with Gasteiger partial charge in [0.05, 0.1) is 20.5 Å². The van der Waals surface area contributed by atoms with Gasteiger partial charge in [0.15, 0.2) is 0 Å². The van der Waals surface area contributed by atoms with Crippen molar-refractivity contribution in [1.29, 1.82) is 0 Å². The first-order valence-corrected chi connectivity index (χ1v) is 11.5. The maximum Gasteiger partial charge on any atom is 0.269 e. The number of hydrogen-bond donors (Lipinski definition) is 0. The Bertz CT molecular complexity index is 1240. The molecule has 0 spiro atoms. The fourth-order valence-corrected chi connectivity index (χ4v) is 5.66. The predicted octanol–water partition coefficient (Wildman–Crippen LogP) is 4.79. The Morgan fingerprint density at radius 2 is 1.71 bits per heavy atom. The summed E-state index contributed by atoms with van der Waals surface area (Å²) in [4.78, 5) is 14.5. The lowest BCUT2D eigenvalue weighted by molar-refractivity contribution is -0.384. The topological polar surface area (TPSA) is 119 Å². The average molecular weight is 483 g/mol. The van der Waals surface area contributed by atoms with Crippen LogP contribution >= 0.6 is 23.2 Å². The van der Waals surface area contributed by atoms with Crippen LogP contribution in [0.1, 0.15) is 19.3 Å². The van der Waals surface area contributed by atoms with Gasteiger partial charge >= 0.3 is 0 Å². The third-order valence-electron chi connectivity index (χ3n) is 4.95. The first kappa shape index (κ1) is 21.7. The summed E-state index contributed by atoms with van der Waals surface area (Å²) in [6, 6.07) is 8.30. The molecule has 0 saturated carbocycles. The van der Waals surface area contributed by atoms with Crippen molar-refractivity contribution >= 4 is 38.9 Å². The van der Waals surface area contributed by atoms with Gasteiger partial charge in [0, 0.05) is 30.8 Å². The fourth-order valence-electron chi connectivity index (χ4n) is 3.32. The number of nitrogens with zero attached hydrogens (tertiary/aromatic N) is 4. The summed E-state index contributed by atoms with van der Waals surface area (Å²) in [5, 5.41) is 14.8. The molecule has 1 fully saturated rings. The van der Waals surface area contributed by atoms with Gasteiger partial charge in [0.2, 0.25) is 15.8 Å². The Labute approximate surface area is 187 Å². The minimum Gasteiger partial charge on any atom is -0.334 e. The lowest BCUT2D eigenvalue weighted by atomic mass is 10.2. The Morgan fingerprint density at radius 3 is 2.35 bits per heavy atom. The van der Waals surface area contributed by atoms with Crippen molar-refractivity contribution in [2.75, 3.05) is 13.1 Å². The molecule has 0 radical (unpaired) electrons. The highest BCUT2D eigenvalue weighted by Gasteiger charge is 2.30. The molecule has 4 rings (SSSR count). The Hall–Kier alpha value is -2.53. The van der Waals surface area contributed by atoms with Crippen LogP contribution < -0.4 is 0 Å².